The molecule has 1 N–H and O–H groups in total. The Morgan fingerprint density at radius 1 is 1.44 bits per heavy atom. The first-order valence-electron chi connectivity index (χ1n) is 6.10. The molecule has 1 rings (SSSR count). The molecule has 0 aliphatic carbocycles. The van der Waals surface area contributed by atoms with E-state index in [1.165, 1.54) is 0 Å². The summed E-state index contributed by atoms with van der Waals surface area (Å²) in [6.45, 7) is 11.1. The van der Waals surface area contributed by atoms with E-state index in [4.69, 9.17) is 4.74 Å². The Morgan fingerprint density at radius 3 is 2.56 bits per heavy atom. The maximum atomic E-state index is 12.0. The summed E-state index contributed by atoms with van der Waals surface area (Å²) in [5.41, 5.74) is 0. The highest BCUT2D eigenvalue weighted by Gasteiger charge is 2.28. The van der Waals surface area contributed by atoms with Gasteiger partial charge in [0.25, 0.3) is 0 Å². The third kappa shape index (κ3) is 4.15. The Kier molecular flexibility index (Phi) is 4.95. The first-order chi connectivity index (χ1) is 7.30. The first-order valence-corrected chi connectivity index (χ1v) is 7.25. The highest BCUT2D eigenvalue weighted by atomic mass is 32.2. The Bertz CT molecular complexity index is 250. The van der Waals surface area contributed by atoms with E-state index in [1.54, 1.807) is 0 Å². The van der Waals surface area contributed by atoms with Crippen LogP contribution in [0.3, 0.4) is 0 Å². The van der Waals surface area contributed by atoms with Crippen molar-refractivity contribution in [1.29, 1.82) is 0 Å². The van der Waals surface area contributed by atoms with E-state index in [0.717, 1.165) is 19.4 Å². The van der Waals surface area contributed by atoms with E-state index < -0.39 is 11.0 Å². The van der Waals surface area contributed by atoms with Crippen molar-refractivity contribution in [3.63, 3.8) is 0 Å². The molecule has 0 spiro atoms. The molecule has 4 heteroatoms. The summed E-state index contributed by atoms with van der Waals surface area (Å²) in [6, 6.07) is 0.298. The van der Waals surface area contributed by atoms with E-state index in [1.807, 2.05) is 20.8 Å². The van der Waals surface area contributed by atoms with Gasteiger partial charge in [-0.3, -0.25) is 0 Å². The maximum absolute atomic E-state index is 12.0. The summed E-state index contributed by atoms with van der Waals surface area (Å²) in [7, 11) is -0.971. The second kappa shape index (κ2) is 5.61. The predicted octanol–water partition coefficient (Wildman–Crippen LogP) is 2.24. The number of hydrogen-bond acceptors (Lipinski definition) is 2. The molecule has 1 fully saturated rings. The van der Waals surface area contributed by atoms with Gasteiger partial charge in [0.15, 0.2) is 0 Å². The predicted molar refractivity (Wildman–Crippen MR) is 68.6 cm³/mol. The lowest BCUT2D eigenvalue weighted by Gasteiger charge is -2.33. The molecule has 96 valence electrons. The van der Waals surface area contributed by atoms with Crippen molar-refractivity contribution in [3.05, 3.63) is 0 Å². The van der Waals surface area contributed by atoms with Crippen LogP contribution < -0.4 is 4.72 Å². The zero-order valence-corrected chi connectivity index (χ0v) is 11.9. The number of hydrogen-bond donors (Lipinski definition) is 1. The molecule has 1 aliphatic rings. The van der Waals surface area contributed by atoms with Crippen LogP contribution in [0.1, 0.15) is 47.5 Å². The van der Waals surface area contributed by atoms with Gasteiger partial charge in [0.05, 0.1) is 21.8 Å². The molecule has 1 heterocycles. The smallest absolute Gasteiger partial charge is 0.0972 e. The summed E-state index contributed by atoms with van der Waals surface area (Å²) in [4.78, 5) is 0. The minimum atomic E-state index is -0.971. The van der Waals surface area contributed by atoms with Crippen LogP contribution in [-0.2, 0) is 15.7 Å². The maximum Gasteiger partial charge on any atom is 0.0972 e. The van der Waals surface area contributed by atoms with E-state index in [2.05, 4.69) is 18.6 Å². The quantitative estimate of drug-likeness (QED) is 0.830. The summed E-state index contributed by atoms with van der Waals surface area (Å²) in [5, 5.41) is 0. The van der Waals surface area contributed by atoms with Gasteiger partial charge in [0, 0.05) is 12.6 Å². The third-order valence-electron chi connectivity index (χ3n) is 3.08. The van der Waals surface area contributed by atoms with Gasteiger partial charge in [0.2, 0.25) is 0 Å². The molecule has 0 amide bonds. The lowest BCUT2D eigenvalue weighted by Crippen LogP contribution is -2.44. The van der Waals surface area contributed by atoms with Crippen molar-refractivity contribution < 1.29 is 8.95 Å². The average molecular weight is 247 g/mol. The summed E-state index contributed by atoms with van der Waals surface area (Å²) in [6.07, 6.45) is 2.47. The second-order valence-corrected chi connectivity index (χ2v) is 7.75. The summed E-state index contributed by atoms with van der Waals surface area (Å²) in [5.74, 6) is 0.579. The van der Waals surface area contributed by atoms with Crippen LogP contribution in [-0.4, -0.2) is 27.7 Å². The highest BCUT2D eigenvalue weighted by molar-refractivity contribution is 7.84. The summed E-state index contributed by atoms with van der Waals surface area (Å²) < 4.78 is 20.5. The molecule has 0 radical (unpaired) electrons. The zero-order valence-electron chi connectivity index (χ0n) is 11.1. The van der Waals surface area contributed by atoms with Crippen molar-refractivity contribution in [2.45, 2.75) is 64.4 Å². The van der Waals surface area contributed by atoms with Gasteiger partial charge >= 0.3 is 0 Å². The molecule has 0 saturated carbocycles. The monoisotopic (exact) mass is 247 g/mol. The van der Waals surface area contributed by atoms with E-state index in [-0.39, 0.29) is 4.75 Å². The lowest BCUT2D eigenvalue weighted by molar-refractivity contribution is -0.00294. The van der Waals surface area contributed by atoms with Gasteiger partial charge in [-0.2, -0.15) is 0 Å². The molecule has 4 unspecified atom stereocenters. The van der Waals surface area contributed by atoms with Crippen molar-refractivity contribution >= 4 is 11.0 Å². The van der Waals surface area contributed by atoms with Crippen LogP contribution in [0.2, 0.25) is 0 Å². The molecular weight excluding hydrogens is 222 g/mol. The minimum absolute atomic E-state index is 0.189. The number of nitrogens with one attached hydrogen (secondary N) is 1. The van der Waals surface area contributed by atoms with E-state index >= 15 is 0 Å². The van der Waals surface area contributed by atoms with Crippen LogP contribution in [0.15, 0.2) is 0 Å². The molecule has 0 aromatic rings. The standard InChI is InChI=1S/C12H25NO2S/c1-9-8-11(6-7-15-9)10(2)13-16(14)12(3,4)5/h9-11,13H,6-8H2,1-5H3. The summed E-state index contributed by atoms with van der Waals surface area (Å²) >= 11 is 0. The zero-order chi connectivity index (χ0) is 12.3. The van der Waals surface area contributed by atoms with Gasteiger partial charge in [-0.05, 0) is 53.4 Å². The first kappa shape index (κ1) is 14.1. The topological polar surface area (TPSA) is 38.3 Å². The fourth-order valence-electron chi connectivity index (χ4n) is 1.93. The molecule has 0 aromatic heterocycles. The van der Waals surface area contributed by atoms with Crippen molar-refractivity contribution in [1.82, 2.24) is 4.72 Å². The second-order valence-electron chi connectivity index (χ2n) is 5.75. The van der Waals surface area contributed by atoms with Crippen LogP contribution in [0, 0.1) is 5.92 Å². The molecule has 0 aromatic carbocycles. The highest BCUT2D eigenvalue weighted by Crippen LogP contribution is 2.24. The average Bonchev–Trinajstić information content (AvgIpc) is 2.16. The molecule has 1 saturated heterocycles. The number of rotatable bonds is 3. The van der Waals surface area contributed by atoms with Crippen molar-refractivity contribution in [2.75, 3.05) is 6.61 Å². The van der Waals surface area contributed by atoms with Crippen LogP contribution in [0.5, 0.6) is 0 Å². The Balaban J connectivity index is 2.45. The Hall–Kier alpha value is 0.0700. The van der Waals surface area contributed by atoms with Gasteiger partial charge < -0.3 is 4.74 Å². The largest absolute Gasteiger partial charge is 0.378 e. The lowest BCUT2D eigenvalue weighted by atomic mass is 9.90. The molecule has 1 aliphatic heterocycles. The van der Waals surface area contributed by atoms with Crippen LogP contribution in [0.4, 0.5) is 0 Å². The van der Waals surface area contributed by atoms with Gasteiger partial charge in [-0.1, -0.05) is 0 Å². The van der Waals surface area contributed by atoms with Gasteiger partial charge in [0.1, 0.15) is 0 Å². The third-order valence-corrected chi connectivity index (χ3v) is 4.78. The number of ether oxygens (including phenoxy) is 1. The van der Waals surface area contributed by atoms with E-state index in [0.29, 0.717) is 18.1 Å². The van der Waals surface area contributed by atoms with Gasteiger partial charge in [-0.15, -0.1) is 0 Å². The minimum Gasteiger partial charge on any atom is -0.378 e. The van der Waals surface area contributed by atoms with Crippen LogP contribution >= 0.6 is 0 Å². The molecule has 0 bridgehead atoms. The van der Waals surface area contributed by atoms with Crippen LogP contribution in [0.25, 0.3) is 0 Å². The fraction of sp³-hybridized carbons (Fsp3) is 1.00. The molecule has 4 atom stereocenters. The van der Waals surface area contributed by atoms with Crippen molar-refractivity contribution in [3.8, 4) is 0 Å². The Labute approximate surface area is 102 Å². The molecular formula is C12H25NO2S. The van der Waals surface area contributed by atoms with Gasteiger partial charge in [-0.25, -0.2) is 8.93 Å². The Morgan fingerprint density at radius 2 is 2.06 bits per heavy atom. The normalized spacial score (nSPS) is 31.1. The molecule has 3 nitrogen and oxygen atoms in total. The fourth-order valence-corrected chi connectivity index (χ4v) is 2.81. The SMILES string of the molecule is CC1CC(C(C)NS(=O)C(C)(C)C)CCO1. The van der Waals surface area contributed by atoms with E-state index in [9.17, 15) is 4.21 Å². The molecule has 16 heavy (non-hydrogen) atoms. The van der Waals surface area contributed by atoms with Crippen molar-refractivity contribution in [2.24, 2.45) is 5.92 Å².